The van der Waals surface area contributed by atoms with Gasteiger partial charge in [-0.2, -0.15) is 0 Å². The molecule has 1 heterocycles. The van der Waals surface area contributed by atoms with Crippen molar-refractivity contribution < 1.29 is 4.57 Å². The highest BCUT2D eigenvalue weighted by Crippen LogP contribution is 2.35. The van der Waals surface area contributed by atoms with Gasteiger partial charge in [0.25, 0.3) is 0 Å². The van der Waals surface area contributed by atoms with E-state index >= 15 is 0 Å². The number of hydrogen-bond donors (Lipinski definition) is 0. The van der Waals surface area contributed by atoms with E-state index in [4.69, 9.17) is 0 Å². The van der Waals surface area contributed by atoms with Gasteiger partial charge in [0.2, 0.25) is 5.69 Å². The molecule has 0 bridgehead atoms. The van der Waals surface area contributed by atoms with Gasteiger partial charge in [-0.1, -0.05) is 54.1 Å². The van der Waals surface area contributed by atoms with Crippen LogP contribution in [0.15, 0.2) is 66.9 Å². The number of aryl methyl sites for hydroxylation is 6. The zero-order valence-corrected chi connectivity index (χ0v) is 19.8. The molecule has 0 aliphatic rings. The Balaban J connectivity index is 1.94. The first-order valence-corrected chi connectivity index (χ1v) is 11.0. The van der Waals surface area contributed by atoms with Gasteiger partial charge >= 0.3 is 0 Å². The lowest BCUT2D eigenvalue weighted by Crippen LogP contribution is -2.31. The highest BCUT2D eigenvalue weighted by molar-refractivity contribution is 5.81. The third kappa shape index (κ3) is 3.81. The van der Waals surface area contributed by atoms with E-state index in [-0.39, 0.29) is 0 Å². The Morgan fingerprint density at radius 2 is 1.19 bits per heavy atom. The van der Waals surface area contributed by atoms with Crippen molar-refractivity contribution >= 4 is 0 Å². The van der Waals surface area contributed by atoms with Crippen molar-refractivity contribution in [2.24, 2.45) is 7.05 Å². The number of benzene rings is 3. The summed E-state index contributed by atoms with van der Waals surface area (Å²) in [4.78, 5) is 0. The minimum absolute atomic E-state index is 1.24. The number of hydrogen-bond acceptors (Lipinski definition) is 0. The van der Waals surface area contributed by atoms with E-state index in [0.29, 0.717) is 0 Å². The van der Waals surface area contributed by atoms with Crippen LogP contribution in [-0.2, 0) is 7.05 Å². The third-order valence-electron chi connectivity index (χ3n) is 6.51. The SMILES string of the molecule is Cc1ccc(-c2cccc(-c3cc(-c4c(C)cccc4C)c(C)c[n+]3C)c2C)c(C)c1. The standard InChI is InChI=1S/C30H32N/c1-19-14-15-25(22(4)16-19)26-12-9-13-27(24(26)6)29-17-28(23(5)18-31(29)7)30-20(2)10-8-11-21(30)3/h8-18H,1-7H3/q+1. The predicted molar refractivity (Wildman–Crippen MR) is 132 cm³/mol. The van der Waals surface area contributed by atoms with Crippen molar-refractivity contribution in [3.63, 3.8) is 0 Å². The topological polar surface area (TPSA) is 3.88 Å². The minimum Gasteiger partial charge on any atom is -0.201 e. The molecule has 156 valence electrons. The van der Waals surface area contributed by atoms with Crippen LogP contribution in [0.4, 0.5) is 0 Å². The highest BCUT2D eigenvalue weighted by atomic mass is 14.9. The molecule has 0 fully saturated rings. The van der Waals surface area contributed by atoms with E-state index < -0.39 is 0 Å². The first-order valence-electron chi connectivity index (χ1n) is 11.0. The van der Waals surface area contributed by atoms with Crippen molar-refractivity contribution in [3.05, 3.63) is 100 Å². The maximum atomic E-state index is 2.37. The van der Waals surface area contributed by atoms with Gasteiger partial charge in [0.05, 0.1) is 0 Å². The largest absolute Gasteiger partial charge is 0.213 e. The van der Waals surface area contributed by atoms with E-state index in [2.05, 4.69) is 120 Å². The van der Waals surface area contributed by atoms with Crippen LogP contribution in [0.3, 0.4) is 0 Å². The number of aromatic nitrogens is 1. The molecule has 1 aromatic heterocycles. The molecule has 0 aliphatic heterocycles. The van der Waals surface area contributed by atoms with E-state index in [1.807, 2.05) is 0 Å². The molecule has 0 atom stereocenters. The number of nitrogens with zero attached hydrogens (tertiary/aromatic N) is 1. The Bertz CT molecular complexity index is 1270. The van der Waals surface area contributed by atoms with E-state index in [9.17, 15) is 0 Å². The minimum atomic E-state index is 1.24. The fourth-order valence-corrected chi connectivity index (χ4v) is 4.88. The van der Waals surface area contributed by atoms with Crippen LogP contribution in [0.25, 0.3) is 33.5 Å². The monoisotopic (exact) mass is 406 g/mol. The maximum Gasteiger partial charge on any atom is 0.213 e. The molecule has 0 amide bonds. The molecule has 4 aromatic rings. The van der Waals surface area contributed by atoms with Crippen molar-refractivity contribution in [1.82, 2.24) is 0 Å². The van der Waals surface area contributed by atoms with E-state index in [0.717, 1.165) is 0 Å². The molecule has 4 rings (SSSR count). The number of pyridine rings is 1. The van der Waals surface area contributed by atoms with Crippen LogP contribution in [0, 0.1) is 41.5 Å². The third-order valence-corrected chi connectivity index (χ3v) is 6.51. The smallest absolute Gasteiger partial charge is 0.201 e. The summed E-state index contributed by atoms with van der Waals surface area (Å²) in [7, 11) is 2.15. The van der Waals surface area contributed by atoms with Gasteiger partial charge in [0, 0.05) is 17.2 Å². The zero-order chi connectivity index (χ0) is 22.3. The summed E-state index contributed by atoms with van der Waals surface area (Å²) in [6.07, 6.45) is 2.26. The quantitative estimate of drug-likeness (QED) is 0.313. The molecule has 1 nitrogen and oxygen atoms in total. The van der Waals surface area contributed by atoms with Gasteiger partial charge in [0.15, 0.2) is 6.20 Å². The normalized spacial score (nSPS) is 11.1. The zero-order valence-electron chi connectivity index (χ0n) is 19.8. The van der Waals surface area contributed by atoms with Crippen molar-refractivity contribution in [2.75, 3.05) is 0 Å². The molecule has 1 heteroatoms. The molecule has 31 heavy (non-hydrogen) atoms. The maximum absolute atomic E-state index is 2.37. The van der Waals surface area contributed by atoms with Crippen LogP contribution >= 0.6 is 0 Å². The molecule has 3 aromatic carbocycles. The van der Waals surface area contributed by atoms with Gasteiger partial charge < -0.3 is 0 Å². The molecule has 0 saturated carbocycles. The van der Waals surface area contributed by atoms with Gasteiger partial charge in [0.1, 0.15) is 7.05 Å². The van der Waals surface area contributed by atoms with Crippen LogP contribution in [-0.4, -0.2) is 0 Å². The molecule has 0 unspecified atom stereocenters. The molecule has 0 N–H and O–H groups in total. The second-order valence-electron chi connectivity index (χ2n) is 8.93. The lowest BCUT2D eigenvalue weighted by Gasteiger charge is -2.16. The Labute approximate surface area is 187 Å². The van der Waals surface area contributed by atoms with Gasteiger partial charge in [-0.3, -0.25) is 0 Å². The van der Waals surface area contributed by atoms with Crippen molar-refractivity contribution in [2.45, 2.75) is 41.5 Å². The van der Waals surface area contributed by atoms with Crippen LogP contribution in [0.1, 0.15) is 33.4 Å². The summed E-state index contributed by atoms with van der Waals surface area (Å²) in [5.74, 6) is 0. The second kappa shape index (κ2) is 8.15. The van der Waals surface area contributed by atoms with E-state index in [1.165, 1.54) is 66.9 Å². The summed E-state index contributed by atoms with van der Waals surface area (Å²) in [5, 5.41) is 0. The van der Waals surface area contributed by atoms with Crippen LogP contribution in [0.5, 0.6) is 0 Å². The Morgan fingerprint density at radius 1 is 0.548 bits per heavy atom. The summed E-state index contributed by atoms with van der Waals surface area (Å²) in [5.41, 5.74) is 15.7. The lowest BCUT2D eigenvalue weighted by molar-refractivity contribution is -0.660. The second-order valence-corrected chi connectivity index (χ2v) is 8.93. The Hall–Kier alpha value is -3.19. The van der Waals surface area contributed by atoms with Gasteiger partial charge in [-0.15, -0.1) is 0 Å². The average molecular weight is 407 g/mol. The summed E-state index contributed by atoms with van der Waals surface area (Å²) < 4.78 is 2.26. The molecule has 0 spiro atoms. The molecule has 0 radical (unpaired) electrons. The van der Waals surface area contributed by atoms with Gasteiger partial charge in [-0.25, -0.2) is 4.57 Å². The fourth-order valence-electron chi connectivity index (χ4n) is 4.88. The molecule has 0 saturated heterocycles. The summed E-state index contributed by atoms with van der Waals surface area (Å²) in [6, 6.07) is 22.4. The average Bonchev–Trinajstić information content (AvgIpc) is 2.70. The first-order chi connectivity index (χ1) is 14.8. The molecule has 0 aliphatic carbocycles. The van der Waals surface area contributed by atoms with Gasteiger partial charge in [-0.05, 0) is 92.1 Å². The fraction of sp³-hybridized carbons (Fsp3) is 0.233. The number of rotatable bonds is 3. The first kappa shape index (κ1) is 21.1. The molecular weight excluding hydrogens is 374 g/mol. The van der Waals surface area contributed by atoms with Crippen molar-refractivity contribution in [3.8, 4) is 33.5 Å². The predicted octanol–water partition coefficient (Wildman–Crippen LogP) is 7.36. The van der Waals surface area contributed by atoms with Crippen LogP contribution in [0.2, 0.25) is 0 Å². The van der Waals surface area contributed by atoms with Crippen molar-refractivity contribution in [1.29, 1.82) is 0 Å². The highest BCUT2D eigenvalue weighted by Gasteiger charge is 2.20. The Kier molecular flexibility index (Phi) is 5.54. The summed E-state index contributed by atoms with van der Waals surface area (Å²) >= 11 is 0. The van der Waals surface area contributed by atoms with E-state index in [1.54, 1.807) is 0 Å². The molecular formula is C30H32N+. The lowest BCUT2D eigenvalue weighted by atomic mass is 9.89. The van der Waals surface area contributed by atoms with Crippen LogP contribution < -0.4 is 4.57 Å². The Morgan fingerprint density at radius 3 is 1.87 bits per heavy atom. The summed E-state index contributed by atoms with van der Waals surface area (Å²) in [6.45, 7) is 13.2.